The maximum atomic E-state index is 13.2. The number of hydrogen-bond donors (Lipinski definition) is 1. The lowest BCUT2D eigenvalue weighted by atomic mass is 10.1. The van der Waals surface area contributed by atoms with Gasteiger partial charge in [0.2, 0.25) is 0 Å². The van der Waals surface area contributed by atoms with Crippen LogP contribution in [0.4, 0.5) is 4.79 Å². The lowest BCUT2D eigenvalue weighted by molar-refractivity contribution is 0.00657. The van der Waals surface area contributed by atoms with Crippen LogP contribution < -0.4 is 14.2 Å². The fourth-order valence-corrected chi connectivity index (χ4v) is 5.28. The number of nitrogens with zero attached hydrogens (tertiary/aromatic N) is 1. The second-order valence-corrected chi connectivity index (χ2v) is 10.2. The zero-order valence-electron chi connectivity index (χ0n) is 18.6. The first-order valence-electron chi connectivity index (χ1n) is 9.91. The van der Waals surface area contributed by atoms with E-state index in [9.17, 15) is 14.7 Å². The van der Waals surface area contributed by atoms with Gasteiger partial charge in [0.05, 0.1) is 36.2 Å². The number of benzene rings is 1. The molecule has 1 amide bonds. The average Bonchev–Trinajstić information content (AvgIpc) is 3.06. The maximum Gasteiger partial charge on any atom is 0.410 e. The van der Waals surface area contributed by atoms with Crippen LogP contribution in [0.2, 0.25) is 0 Å². The smallest absolute Gasteiger partial charge is 0.410 e. The van der Waals surface area contributed by atoms with Gasteiger partial charge in [0.25, 0.3) is 0 Å². The Labute approximate surface area is 199 Å². The van der Waals surface area contributed by atoms with Gasteiger partial charge in [0, 0.05) is 18.1 Å². The van der Waals surface area contributed by atoms with Crippen molar-refractivity contribution in [1.82, 2.24) is 4.90 Å². The molecule has 1 aromatic heterocycles. The SMILES string of the molecule is COc1ccc(CN(C(=O)OC(C)(C)C)C2COc3c(sc(C(=O)O)c3Br)C2)c(OC)c1. The second kappa shape index (κ2) is 9.58. The van der Waals surface area contributed by atoms with Crippen LogP contribution in [0.15, 0.2) is 22.7 Å². The van der Waals surface area contributed by atoms with Crippen LogP contribution in [0, 0.1) is 0 Å². The van der Waals surface area contributed by atoms with Crippen molar-refractivity contribution < 1.29 is 33.6 Å². The summed E-state index contributed by atoms with van der Waals surface area (Å²) in [6.07, 6.45) is -0.0367. The van der Waals surface area contributed by atoms with Crippen molar-refractivity contribution in [2.75, 3.05) is 20.8 Å². The molecule has 2 heterocycles. The monoisotopic (exact) mass is 527 g/mol. The van der Waals surface area contributed by atoms with Crippen molar-refractivity contribution in [3.8, 4) is 17.2 Å². The zero-order chi connectivity index (χ0) is 23.6. The molecule has 0 spiro atoms. The molecule has 1 atom stereocenters. The molecule has 0 radical (unpaired) electrons. The summed E-state index contributed by atoms with van der Waals surface area (Å²) in [6, 6.07) is 5.05. The number of hydrogen-bond acceptors (Lipinski definition) is 7. The zero-order valence-corrected chi connectivity index (χ0v) is 21.0. The largest absolute Gasteiger partial charge is 0.497 e. The minimum atomic E-state index is -1.02. The van der Waals surface area contributed by atoms with Crippen molar-refractivity contribution >= 4 is 39.3 Å². The standard InChI is InChI=1S/C22H26BrNO7S/c1-22(2,3)31-21(27)24(10-12-6-7-14(28-4)9-15(12)29-5)13-8-16-18(30-11-13)17(23)19(32-16)20(25)26/h6-7,9,13H,8,10-11H2,1-5H3,(H,25,26). The summed E-state index contributed by atoms with van der Waals surface area (Å²) >= 11 is 4.46. The highest BCUT2D eigenvalue weighted by atomic mass is 79.9. The van der Waals surface area contributed by atoms with Crippen LogP contribution in [0.3, 0.4) is 0 Å². The Morgan fingerprint density at radius 3 is 2.59 bits per heavy atom. The minimum absolute atomic E-state index is 0.177. The molecule has 0 saturated carbocycles. The predicted molar refractivity (Wildman–Crippen MR) is 123 cm³/mol. The first-order valence-corrected chi connectivity index (χ1v) is 11.5. The van der Waals surface area contributed by atoms with Crippen molar-refractivity contribution in [3.63, 3.8) is 0 Å². The molecule has 1 aliphatic rings. The molecule has 8 nitrogen and oxygen atoms in total. The number of carbonyl (C=O) groups excluding carboxylic acids is 1. The molecular weight excluding hydrogens is 502 g/mol. The molecule has 1 aliphatic heterocycles. The van der Waals surface area contributed by atoms with Gasteiger partial charge in [-0.1, -0.05) is 0 Å². The Morgan fingerprint density at radius 2 is 2.00 bits per heavy atom. The number of carboxylic acids is 1. The van der Waals surface area contributed by atoms with E-state index in [1.54, 1.807) is 31.3 Å². The molecule has 32 heavy (non-hydrogen) atoms. The highest BCUT2D eigenvalue weighted by Crippen LogP contribution is 2.43. The number of rotatable bonds is 6. The molecule has 0 fully saturated rings. The average molecular weight is 528 g/mol. The summed E-state index contributed by atoms with van der Waals surface area (Å²) in [5, 5.41) is 9.42. The van der Waals surface area contributed by atoms with E-state index in [2.05, 4.69) is 15.9 Å². The molecule has 1 N–H and O–H groups in total. The van der Waals surface area contributed by atoms with E-state index in [4.69, 9.17) is 18.9 Å². The topological polar surface area (TPSA) is 94.5 Å². The van der Waals surface area contributed by atoms with Crippen molar-refractivity contribution in [3.05, 3.63) is 38.0 Å². The normalized spacial score (nSPS) is 15.4. The fourth-order valence-electron chi connectivity index (χ4n) is 3.34. The molecular formula is C22H26BrNO7S. The number of thiophene rings is 1. The summed E-state index contributed by atoms with van der Waals surface area (Å²) in [5.41, 5.74) is 0.103. The van der Waals surface area contributed by atoms with E-state index < -0.39 is 17.7 Å². The Morgan fingerprint density at radius 1 is 1.28 bits per heavy atom. The van der Waals surface area contributed by atoms with Gasteiger partial charge in [-0.25, -0.2) is 9.59 Å². The lowest BCUT2D eigenvalue weighted by Crippen LogP contribution is -2.47. The number of halogens is 1. The molecule has 10 heteroatoms. The number of ether oxygens (including phenoxy) is 4. The highest BCUT2D eigenvalue weighted by Gasteiger charge is 2.35. The Kier molecular flexibility index (Phi) is 7.24. The molecule has 3 rings (SSSR count). The predicted octanol–water partition coefficient (Wildman–Crippen LogP) is 4.97. The third kappa shape index (κ3) is 5.29. The second-order valence-electron chi connectivity index (χ2n) is 8.26. The first-order chi connectivity index (χ1) is 15.0. The maximum absolute atomic E-state index is 13.2. The van der Waals surface area contributed by atoms with E-state index in [1.807, 2.05) is 26.8 Å². The van der Waals surface area contributed by atoms with Gasteiger partial charge in [0.15, 0.2) is 0 Å². The number of carboxylic acid groups (broad SMARTS) is 1. The number of fused-ring (bicyclic) bond motifs is 1. The van der Waals surface area contributed by atoms with Gasteiger partial charge in [-0.15, -0.1) is 11.3 Å². The summed E-state index contributed by atoms with van der Waals surface area (Å²) in [4.78, 5) is 27.2. The molecule has 0 bridgehead atoms. The van der Waals surface area contributed by atoms with Gasteiger partial charge in [-0.05, 0) is 48.8 Å². The number of amides is 1. The van der Waals surface area contributed by atoms with Gasteiger partial charge >= 0.3 is 12.1 Å². The fraction of sp³-hybridized carbons (Fsp3) is 0.455. The van der Waals surface area contributed by atoms with Crippen LogP contribution in [0.5, 0.6) is 17.2 Å². The van der Waals surface area contributed by atoms with Crippen LogP contribution in [0.1, 0.15) is 40.9 Å². The number of aromatic carboxylic acids is 1. The van der Waals surface area contributed by atoms with Crippen LogP contribution in [-0.2, 0) is 17.7 Å². The summed E-state index contributed by atoms with van der Waals surface area (Å²) < 4.78 is 22.7. The summed E-state index contributed by atoms with van der Waals surface area (Å²) in [6.45, 7) is 5.86. The van der Waals surface area contributed by atoms with Gasteiger partial charge in [-0.2, -0.15) is 0 Å². The molecule has 1 aromatic carbocycles. The Bertz CT molecular complexity index is 1010. The van der Waals surface area contributed by atoms with E-state index in [1.165, 1.54) is 0 Å². The quantitative estimate of drug-likeness (QED) is 0.566. The molecule has 1 unspecified atom stereocenters. The van der Waals surface area contributed by atoms with Crippen LogP contribution >= 0.6 is 27.3 Å². The molecule has 2 aromatic rings. The van der Waals surface area contributed by atoms with Crippen molar-refractivity contribution in [2.24, 2.45) is 0 Å². The first kappa shape index (κ1) is 24.2. The van der Waals surface area contributed by atoms with E-state index in [0.29, 0.717) is 28.1 Å². The van der Waals surface area contributed by atoms with Crippen molar-refractivity contribution in [1.29, 1.82) is 0 Å². The Balaban J connectivity index is 1.93. The van der Waals surface area contributed by atoms with Crippen LogP contribution in [-0.4, -0.2) is 54.5 Å². The summed E-state index contributed by atoms with van der Waals surface area (Å²) in [7, 11) is 3.13. The van der Waals surface area contributed by atoms with Gasteiger partial charge in [0.1, 0.15) is 34.3 Å². The Hall–Kier alpha value is -2.46. The number of methoxy groups -OCH3 is 2. The summed E-state index contributed by atoms with van der Waals surface area (Å²) in [5.74, 6) is 0.727. The highest BCUT2D eigenvalue weighted by molar-refractivity contribution is 9.10. The van der Waals surface area contributed by atoms with Gasteiger partial charge < -0.3 is 24.1 Å². The van der Waals surface area contributed by atoms with E-state index in [0.717, 1.165) is 21.8 Å². The molecule has 174 valence electrons. The van der Waals surface area contributed by atoms with Crippen LogP contribution in [0.25, 0.3) is 0 Å². The minimum Gasteiger partial charge on any atom is -0.497 e. The molecule has 0 saturated heterocycles. The lowest BCUT2D eigenvalue weighted by Gasteiger charge is -2.35. The third-order valence-corrected chi connectivity index (χ3v) is 7.02. The third-order valence-electron chi connectivity index (χ3n) is 4.82. The van der Waals surface area contributed by atoms with E-state index >= 15 is 0 Å². The van der Waals surface area contributed by atoms with Gasteiger partial charge in [-0.3, -0.25) is 4.90 Å². The van der Waals surface area contributed by atoms with E-state index in [-0.39, 0.29) is 24.1 Å². The van der Waals surface area contributed by atoms with Crippen molar-refractivity contribution in [2.45, 2.75) is 45.4 Å². The number of carbonyl (C=O) groups is 2. The molecule has 0 aliphatic carbocycles.